The molecule has 3 aliphatic rings. The molecule has 0 saturated carbocycles. The maximum Gasteiger partial charge on any atom is 1.00 e. The number of allylic oxidation sites excluding steroid dienone is 3. The van der Waals surface area contributed by atoms with Gasteiger partial charge >= 0.3 is 103 Å². The van der Waals surface area contributed by atoms with Crippen molar-refractivity contribution < 1.29 is 138 Å². The van der Waals surface area contributed by atoms with Crippen molar-refractivity contribution in [1.82, 2.24) is 0 Å². The van der Waals surface area contributed by atoms with Gasteiger partial charge < -0.3 is 17.3 Å². The number of hydrogen-bond donors (Lipinski definition) is 2. The first-order valence-corrected chi connectivity index (χ1v) is 38.0. The van der Waals surface area contributed by atoms with Crippen LogP contribution in [0.4, 0.5) is 11.4 Å². The second-order valence-corrected chi connectivity index (χ2v) is 31.8. The van der Waals surface area contributed by atoms with Crippen molar-refractivity contribution in [2.75, 3.05) is 40.6 Å². The summed E-state index contributed by atoms with van der Waals surface area (Å²) >= 11 is 24.9. The quantitative estimate of drug-likeness (QED) is 0.00715. The normalized spacial score (nSPS) is 13.0. The van der Waals surface area contributed by atoms with Gasteiger partial charge in [0.05, 0.1) is 10.1 Å². The van der Waals surface area contributed by atoms with E-state index in [1.165, 1.54) is 102 Å². The number of non-ortho nitro benzene ring substituents is 1. The van der Waals surface area contributed by atoms with E-state index < -0.39 is 0 Å². The summed E-state index contributed by atoms with van der Waals surface area (Å²) in [7, 11) is 0. The molecule has 3 aliphatic heterocycles. The number of isothiocyanates is 1. The zero-order valence-electron chi connectivity index (χ0n) is 61.7. The summed E-state index contributed by atoms with van der Waals surface area (Å²) in [5, 5.41) is 22.4. The van der Waals surface area contributed by atoms with Crippen LogP contribution in [0.15, 0.2) is 180 Å². The van der Waals surface area contributed by atoms with E-state index in [0.29, 0.717) is 31.1 Å². The van der Waals surface area contributed by atoms with Crippen LogP contribution in [-0.2, 0) is 72.4 Å². The summed E-state index contributed by atoms with van der Waals surface area (Å²) in [4.78, 5) is 65.2. The van der Waals surface area contributed by atoms with Gasteiger partial charge in [0.15, 0.2) is 0 Å². The monoisotopic (exact) mass is 1610 g/mol. The SMILES string of the molecule is CC(=O)Cc1ccc(S)cc1.CC(=O)Cc1ccc(SCC=C(C)C)cc1.CC(=O)Cc1ccc2c(c1)C(C)(C)CCS2.CC(C)=CCBr.CC1(C)CCSc2ccc(CC(=S)Cc3ccc([N+](=O)[O-])cc3)cc21.CC1(C)CCSc2ccc(N)cc21.CCN=C=S.Cl.O=CO[O-].[H-].[K+].[K+]. The number of carbonyl (C=O) groups excluding carboxylic acids is 4. The molecule has 0 aliphatic carbocycles. The molecule has 0 atom stereocenters. The van der Waals surface area contributed by atoms with Gasteiger partial charge in [-0.1, -0.05) is 154 Å². The summed E-state index contributed by atoms with van der Waals surface area (Å²) in [6, 6.07) is 42.0. The predicted octanol–water partition coefficient (Wildman–Crippen LogP) is 14.6. The van der Waals surface area contributed by atoms with Crippen LogP contribution < -0.4 is 114 Å². The number of nitrogens with zero attached hydrogens (tertiary/aromatic N) is 2. The van der Waals surface area contributed by atoms with Crippen LogP contribution in [0.25, 0.3) is 0 Å². The fourth-order valence-corrected chi connectivity index (χ4v) is 16.2. The molecule has 0 aromatic heterocycles. The van der Waals surface area contributed by atoms with Gasteiger partial charge in [0.25, 0.3) is 12.2 Å². The number of nitrogens with two attached hydrogens (primary N) is 1. The Labute approximate surface area is 725 Å². The zero-order chi connectivity index (χ0) is 72.0. The van der Waals surface area contributed by atoms with E-state index in [4.69, 9.17) is 28.0 Å². The Morgan fingerprint density at radius 2 is 0.990 bits per heavy atom. The van der Waals surface area contributed by atoms with Crippen molar-refractivity contribution in [2.24, 2.45) is 4.99 Å². The molecule has 6 aromatic carbocycles. The van der Waals surface area contributed by atoms with Gasteiger partial charge in [0.1, 0.15) is 17.3 Å². The Balaban J connectivity index is -0.00000113. The maximum atomic E-state index is 11.1. The van der Waals surface area contributed by atoms with E-state index in [1.54, 1.807) is 32.9 Å². The molecule has 0 fully saturated rings. The van der Waals surface area contributed by atoms with Crippen molar-refractivity contribution in [1.29, 1.82) is 0 Å². The number of rotatable bonds is 17. The van der Waals surface area contributed by atoms with Crippen molar-refractivity contribution in [2.45, 2.75) is 189 Å². The number of anilines is 1. The average Bonchev–Trinajstić information content (AvgIpc) is 0.808. The fourth-order valence-electron chi connectivity index (χ4n) is 9.49. The minimum absolute atomic E-state index is 0. The molecule has 0 amide bonds. The number of thioether (sulfide) groups is 4. The first-order valence-electron chi connectivity index (χ1n) is 31.7. The number of thiocarbonyl (C=S) groups is 2. The number of nitrogen functional groups attached to an aromatic ring is 1. The number of ketones is 3. The van der Waals surface area contributed by atoms with Gasteiger partial charge in [0, 0.05) is 96.9 Å². The number of hydrogen-bond acceptors (Lipinski definition) is 17. The third-order valence-electron chi connectivity index (χ3n) is 14.9. The number of thiol groups is 1. The Hall–Kier alpha value is -1.88. The minimum Gasteiger partial charge on any atom is -1.00 e. The summed E-state index contributed by atoms with van der Waals surface area (Å²) in [6.45, 7) is 29.5. The second kappa shape index (κ2) is 53.8. The molecule has 0 saturated heterocycles. The number of benzene rings is 6. The second-order valence-electron chi connectivity index (χ2n) is 25.4. The molecular formula is C77H99BrClK2N3O8S7. The fraction of sp³-hybridized carbons (Fsp3) is 0.403. The number of carbonyl (C=O) groups is 4. The average molecular weight is 1610 g/mol. The van der Waals surface area contributed by atoms with E-state index >= 15 is 0 Å². The first kappa shape index (κ1) is 99.2. The zero-order valence-corrected chi connectivity index (χ0v) is 75.1. The van der Waals surface area contributed by atoms with Gasteiger partial charge in [-0.3, -0.25) is 29.3 Å². The standard InChI is InChI=1S/C20H21NO2S2.2C14H18OS.C11H15NS.C9H10OS.C5H9Br.C3H5NS.CH2O3.ClH.2K.H/c1-20(2)9-10-25-19-8-5-15(13-18(19)20)12-17(24)11-14-3-6-16(7-4-14)21(22)23;1-10(15)8-11-4-5-13-12(9-11)14(2,3)6-7-16-13;1-11(2)8-9-16-14-6-4-13(5-7-14)10-12(3)15;1-11(2)5-6-13-10-4-3-8(12)7-9(10)11;1-7(10)6-8-2-4-9(11)5-3-8;1-5(2)3-4-6;1-2-4-3-5;2-1-4-3;;;;/h3-8,13H,9-12H2,1-2H3;4-5,9H,6-8H2,1-3H3;4-8H,9-10H2,1-3H3;3-4,7H,5-6,12H2,1-2H3;2-5,11H,6H2,1H3;3H,4H2,1-2H3;2H2,1H3;1,3H;1H;;;/q;;;;;;;;;2*+1;-1/p-1. The van der Waals surface area contributed by atoms with Gasteiger partial charge in [-0.2, -0.15) is 0 Å². The van der Waals surface area contributed by atoms with Crippen LogP contribution in [-0.4, -0.2) is 73.7 Å². The number of fused-ring (bicyclic) bond motifs is 3. The summed E-state index contributed by atoms with van der Waals surface area (Å²) in [5.41, 5.74) is 20.1. The number of halogens is 2. The van der Waals surface area contributed by atoms with Crippen molar-refractivity contribution >= 4 is 158 Å². The largest absolute Gasteiger partial charge is 1.00 e. The summed E-state index contributed by atoms with van der Waals surface area (Å²) < 4.78 is 0. The number of Topliss-reactive ketones (excluding diaryl/α,β-unsaturated/α-hetero) is 3. The van der Waals surface area contributed by atoms with Gasteiger partial charge in [-0.25, -0.2) is 4.99 Å². The number of nitro benzene ring substituents is 1. The Bertz CT molecular complexity index is 3590. The molecule has 11 nitrogen and oxygen atoms in total. The van der Waals surface area contributed by atoms with Crippen molar-refractivity contribution in [3.63, 3.8) is 0 Å². The van der Waals surface area contributed by atoms with E-state index in [1.807, 2.05) is 96.4 Å². The van der Waals surface area contributed by atoms with E-state index in [2.05, 4.69) is 198 Å². The van der Waals surface area contributed by atoms with Crippen LogP contribution in [0.3, 0.4) is 0 Å². The van der Waals surface area contributed by atoms with Crippen LogP contribution in [0.2, 0.25) is 0 Å². The Morgan fingerprint density at radius 3 is 1.34 bits per heavy atom. The predicted molar refractivity (Wildman–Crippen MR) is 430 cm³/mol. The smallest absolute Gasteiger partial charge is 1.00 e. The minimum atomic E-state index is -0.380. The van der Waals surface area contributed by atoms with E-state index in [0.717, 1.165) is 61.7 Å². The third kappa shape index (κ3) is 42.2. The van der Waals surface area contributed by atoms with Gasteiger partial charge in [-0.15, -0.1) is 72.1 Å². The van der Waals surface area contributed by atoms with Crippen molar-refractivity contribution in [3.05, 3.63) is 205 Å². The number of alkyl halides is 1. The molecule has 2 N–H and O–H groups in total. The molecule has 3 heterocycles. The Morgan fingerprint density at radius 1 is 0.636 bits per heavy atom. The van der Waals surface area contributed by atoms with Crippen LogP contribution in [0.5, 0.6) is 0 Å². The summed E-state index contributed by atoms with van der Waals surface area (Å²) in [5.74, 6) is 5.26. The molecule has 9 rings (SSSR count). The molecule has 528 valence electrons. The number of aliphatic imine (C=N–C) groups is 1. The van der Waals surface area contributed by atoms with Crippen molar-refractivity contribution in [3.8, 4) is 0 Å². The third-order valence-corrected chi connectivity index (χ3v) is 20.1. The topological polar surface area (TPSA) is 182 Å². The van der Waals surface area contributed by atoms with E-state index in [9.17, 15) is 24.5 Å². The van der Waals surface area contributed by atoms with Crippen LogP contribution >= 0.6 is 112 Å². The maximum absolute atomic E-state index is 11.1. The molecule has 0 spiro atoms. The summed E-state index contributed by atoms with van der Waals surface area (Å²) in [6.07, 6.45) is 11.1. The molecule has 99 heavy (non-hydrogen) atoms. The van der Waals surface area contributed by atoms with Gasteiger partial charge in [0.2, 0.25) is 0 Å². The molecule has 0 bridgehead atoms. The molecular weight excluding hydrogens is 1510 g/mol. The van der Waals surface area contributed by atoms with Crippen LogP contribution in [0.1, 0.15) is 162 Å². The first-order chi connectivity index (χ1) is 45.3. The molecule has 0 radical (unpaired) electrons. The Kier molecular flexibility index (Phi) is 53.9. The van der Waals surface area contributed by atoms with E-state index in [-0.39, 0.29) is 162 Å². The molecule has 0 unspecified atom stereocenters. The molecule has 6 aromatic rings. The molecule has 22 heteroatoms. The number of nitro groups is 1. The van der Waals surface area contributed by atoms with Crippen LogP contribution in [0, 0.1) is 10.1 Å². The van der Waals surface area contributed by atoms with Gasteiger partial charge in [-0.05, 0) is 219 Å².